The van der Waals surface area contributed by atoms with Crippen LogP contribution in [0.25, 0.3) is 27.9 Å². The molecule has 0 aliphatic heterocycles. The minimum Gasteiger partial charge on any atom is -0.355 e. The van der Waals surface area contributed by atoms with Crippen molar-refractivity contribution in [2.24, 2.45) is 0 Å². The van der Waals surface area contributed by atoms with Gasteiger partial charge in [0.1, 0.15) is 5.82 Å². The third kappa shape index (κ3) is 2.68. The van der Waals surface area contributed by atoms with E-state index in [2.05, 4.69) is 25.8 Å². The number of nitrogens with one attached hydrogen (secondary N) is 2. The summed E-state index contributed by atoms with van der Waals surface area (Å²) >= 11 is 0. The van der Waals surface area contributed by atoms with Gasteiger partial charge in [-0.05, 0) is 31.0 Å². The number of nitrogens with zero attached hydrogens (tertiary/aromatic N) is 3. The van der Waals surface area contributed by atoms with E-state index in [-0.39, 0.29) is 5.91 Å². The highest BCUT2D eigenvalue weighted by Gasteiger charge is 2.24. The van der Waals surface area contributed by atoms with E-state index in [1.54, 1.807) is 7.05 Å². The monoisotopic (exact) mass is 373 g/mol. The number of benzene rings is 1. The Morgan fingerprint density at radius 3 is 2.64 bits per heavy atom. The van der Waals surface area contributed by atoms with Crippen LogP contribution in [0.5, 0.6) is 0 Å². The third-order valence-electron chi connectivity index (χ3n) is 5.82. The predicted molar refractivity (Wildman–Crippen MR) is 109 cm³/mol. The molecule has 5 rings (SSSR count). The van der Waals surface area contributed by atoms with Gasteiger partial charge in [-0.15, -0.1) is 0 Å². The Morgan fingerprint density at radius 2 is 1.89 bits per heavy atom. The number of aromatic nitrogens is 4. The first-order valence-electron chi connectivity index (χ1n) is 9.93. The molecular formula is C22H23N5O. The molecule has 142 valence electrons. The number of carbonyl (C=O) groups excluding carboxylic acids is 1. The Bertz CT molecular complexity index is 1150. The van der Waals surface area contributed by atoms with Crippen molar-refractivity contribution in [3.8, 4) is 11.3 Å². The van der Waals surface area contributed by atoms with Crippen LogP contribution in [0.1, 0.15) is 54.2 Å². The fraction of sp³-hybridized carbons (Fsp3) is 0.318. The van der Waals surface area contributed by atoms with Gasteiger partial charge in [-0.1, -0.05) is 31.4 Å². The normalized spacial score (nSPS) is 15.3. The molecule has 3 heterocycles. The van der Waals surface area contributed by atoms with Gasteiger partial charge in [0, 0.05) is 30.3 Å². The van der Waals surface area contributed by atoms with E-state index in [0.717, 1.165) is 33.8 Å². The number of carbonyl (C=O) groups is 1. The average molecular weight is 373 g/mol. The second-order valence-electron chi connectivity index (χ2n) is 7.50. The Morgan fingerprint density at radius 1 is 1.11 bits per heavy atom. The molecule has 4 aromatic rings. The van der Waals surface area contributed by atoms with Gasteiger partial charge in [-0.2, -0.15) is 0 Å². The smallest absolute Gasteiger partial charge is 0.251 e. The third-order valence-corrected chi connectivity index (χ3v) is 5.82. The molecule has 0 saturated heterocycles. The lowest BCUT2D eigenvalue weighted by Gasteiger charge is -2.20. The van der Waals surface area contributed by atoms with Crippen molar-refractivity contribution in [2.75, 3.05) is 7.05 Å². The highest BCUT2D eigenvalue weighted by atomic mass is 16.1. The summed E-state index contributed by atoms with van der Waals surface area (Å²) in [5.41, 5.74) is 5.54. The van der Waals surface area contributed by atoms with E-state index >= 15 is 0 Å². The first-order valence-corrected chi connectivity index (χ1v) is 9.93. The molecule has 6 nitrogen and oxygen atoms in total. The molecule has 28 heavy (non-hydrogen) atoms. The Balaban J connectivity index is 1.69. The second kappa shape index (κ2) is 6.78. The zero-order valence-corrected chi connectivity index (χ0v) is 15.9. The number of imidazole rings is 1. The zero-order chi connectivity index (χ0) is 19.1. The predicted octanol–water partition coefficient (Wildman–Crippen LogP) is 4.28. The standard InChI is InChI=1S/C22H23N5O/c1-23-22(28)16-9-7-14(8-10-16)19-18-13-25-20-17(11-12-24-20)27(18)21(26-19)15-5-3-2-4-6-15/h7-13,15,24H,2-6H2,1H3,(H,23,28). The molecule has 1 saturated carbocycles. The summed E-state index contributed by atoms with van der Waals surface area (Å²) < 4.78 is 2.27. The lowest BCUT2D eigenvalue weighted by Crippen LogP contribution is -2.17. The van der Waals surface area contributed by atoms with Crippen molar-refractivity contribution in [3.63, 3.8) is 0 Å². The lowest BCUT2D eigenvalue weighted by atomic mass is 9.89. The van der Waals surface area contributed by atoms with Gasteiger partial charge in [0.15, 0.2) is 5.65 Å². The molecule has 1 fully saturated rings. The number of amides is 1. The molecule has 1 aromatic carbocycles. The van der Waals surface area contributed by atoms with Crippen LogP contribution in [0.3, 0.4) is 0 Å². The van der Waals surface area contributed by atoms with Gasteiger partial charge < -0.3 is 10.3 Å². The maximum absolute atomic E-state index is 11.9. The Labute approximate surface area is 163 Å². The van der Waals surface area contributed by atoms with Crippen LogP contribution in [0.4, 0.5) is 0 Å². The van der Waals surface area contributed by atoms with E-state index in [1.165, 1.54) is 32.1 Å². The fourth-order valence-electron chi connectivity index (χ4n) is 4.36. The van der Waals surface area contributed by atoms with Gasteiger partial charge >= 0.3 is 0 Å². The number of hydrogen-bond acceptors (Lipinski definition) is 3. The van der Waals surface area contributed by atoms with Gasteiger partial charge in [-0.3, -0.25) is 9.20 Å². The number of fused-ring (bicyclic) bond motifs is 3. The quantitative estimate of drug-likeness (QED) is 0.563. The largest absolute Gasteiger partial charge is 0.355 e. The number of aromatic amines is 1. The number of hydrogen-bond donors (Lipinski definition) is 2. The van der Waals surface area contributed by atoms with Crippen molar-refractivity contribution in [3.05, 3.63) is 54.1 Å². The summed E-state index contributed by atoms with van der Waals surface area (Å²) in [4.78, 5) is 24.8. The molecule has 1 aliphatic carbocycles. The first-order chi connectivity index (χ1) is 13.8. The van der Waals surface area contributed by atoms with Crippen LogP contribution in [0, 0.1) is 0 Å². The highest BCUT2D eigenvalue weighted by molar-refractivity contribution is 5.94. The van der Waals surface area contributed by atoms with Crippen molar-refractivity contribution in [1.82, 2.24) is 24.7 Å². The van der Waals surface area contributed by atoms with E-state index in [1.807, 2.05) is 36.7 Å². The van der Waals surface area contributed by atoms with Crippen LogP contribution in [0.15, 0.2) is 42.7 Å². The van der Waals surface area contributed by atoms with Crippen molar-refractivity contribution >= 4 is 22.6 Å². The summed E-state index contributed by atoms with van der Waals surface area (Å²) in [6, 6.07) is 9.71. The average Bonchev–Trinajstić information content (AvgIpc) is 3.38. The van der Waals surface area contributed by atoms with E-state index < -0.39 is 0 Å². The van der Waals surface area contributed by atoms with Crippen LogP contribution < -0.4 is 5.32 Å². The van der Waals surface area contributed by atoms with Crippen molar-refractivity contribution in [2.45, 2.75) is 38.0 Å². The molecule has 1 aliphatic rings. The zero-order valence-electron chi connectivity index (χ0n) is 15.9. The van der Waals surface area contributed by atoms with Gasteiger partial charge in [0.2, 0.25) is 0 Å². The van der Waals surface area contributed by atoms with E-state index in [0.29, 0.717) is 11.5 Å². The Hall–Kier alpha value is -3.15. The number of H-pyrrole nitrogens is 1. The van der Waals surface area contributed by atoms with E-state index in [9.17, 15) is 4.79 Å². The molecule has 0 unspecified atom stereocenters. The first kappa shape index (κ1) is 17.0. The Kier molecular flexibility index (Phi) is 4.11. The summed E-state index contributed by atoms with van der Waals surface area (Å²) in [7, 11) is 1.64. The molecule has 6 heteroatoms. The molecule has 2 N–H and O–H groups in total. The SMILES string of the molecule is CNC(=O)c1ccc(-c2nc(C3CCCCC3)n3c2cnc2[nH]ccc23)cc1. The summed E-state index contributed by atoms with van der Waals surface area (Å²) in [6.07, 6.45) is 10.0. The molecule has 0 atom stereocenters. The molecule has 0 radical (unpaired) electrons. The maximum Gasteiger partial charge on any atom is 0.251 e. The lowest BCUT2D eigenvalue weighted by molar-refractivity contribution is 0.0963. The molecule has 0 bridgehead atoms. The van der Waals surface area contributed by atoms with Crippen LogP contribution >= 0.6 is 0 Å². The van der Waals surface area contributed by atoms with E-state index in [4.69, 9.17) is 4.98 Å². The number of rotatable bonds is 3. The van der Waals surface area contributed by atoms with Crippen molar-refractivity contribution in [1.29, 1.82) is 0 Å². The minimum atomic E-state index is -0.0835. The highest BCUT2D eigenvalue weighted by Crippen LogP contribution is 2.36. The molecule has 1 amide bonds. The van der Waals surface area contributed by atoms with Gasteiger partial charge in [0.05, 0.1) is 22.9 Å². The van der Waals surface area contributed by atoms with Gasteiger partial charge in [0.25, 0.3) is 5.91 Å². The van der Waals surface area contributed by atoms with Crippen LogP contribution in [-0.4, -0.2) is 32.3 Å². The molecular weight excluding hydrogens is 350 g/mol. The maximum atomic E-state index is 11.9. The van der Waals surface area contributed by atoms with Gasteiger partial charge in [-0.25, -0.2) is 9.97 Å². The molecule has 0 spiro atoms. The topological polar surface area (TPSA) is 75.1 Å². The van der Waals surface area contributed by atoms with Crippen LogP contribution in [0.2, 0.25) is 0 Å². The molecule has 3 aromatic heterocycles. The second-order valence-corrected chi connectivity index (χ2v) is 7.50. The van der Waals surface area contributed by atoms with Crippen molar-refractivity contribution < 1.29 is 4.79 Å². The minimum absolute atomic E-state index is 0.0835. The summed E-state index contributed by atoms with van der Waals surface area (Å²) in [6.45, 7) is 0. The summed E-state index contributed by atoms with van der Waals surface area (Å²) in [5.74, 6) is 1.52. The summed E-state index contributed by atoms with van der Waals surface area (Å²) in [5, 5.41) is 2.66. The fourth-order valence-corrected chi connectivity index (χ4v) is 4.36. The van der Waals surface area contributed by atoms with Crippen LogP contribution in [-0.2, 0) is 0 Å².